The summed E-state index contributed by atoms with van der Waals surface area (Å²) in [5.74, 6) is -0.645. The lowest BCUT2D eigenvalue weighted by Crippen LogP contribution is -2.24. The number of carbonyl (C=O) groups is 2. The Kier molecular flexibility index (Phi) is 8.17. The summed E-state index contributed by atoms with van der Waals surface area (Å²) < 4.78 is 15.6. The molecule has 0 heterocycles. The second kappa shape index (κ2) is 10.8. The van der Waals surface area contributed by atoms with E-state index in [0.717, 1.165) is 5.56 Å². The summed E-state index contributed by atoms with van der Waals surface area (Å²) in [7, 11) is 2.97. The van der Waals surface area contributed by atoms with E-state index >= 15 is 0 Å². The topological polar surface area (TPSA) is 94.4 Å². The molecule has 0 fully saturated rings. The molecule has 1 atom stereocenters. The van der Waals surface area contributed by atoms with E-state index in [4.69, 9.17) is 14.2 Å². The summed E-state index contributed by atoms with van der Waals surface area (Å²) in [4.78, 5) is 27.7. The number of esters is 1. The van der Waals surface area contributed by atoms with Crippen molar-refractivity contribution < 1.29 is 28.9 Å². The van der Waals surface area contributed by atoms with Crippen molar-refractivity contribution in [3.05, 3.63) is 65.4 Å². The number of nitrogens with zero attached hydrogens (tertiary/aromatic N) is 1. The summed E-state index contributed by atoms with van der Waals surface area (Å²) in [6.45, 7) is 3.59. The van der Waals surface area contributed by atoms with Crippen molar-refractivity contribution in [2.24, 2.45) is 10.9 Å². The Labute approximate surface area is 175 Å². The van der Waals surface area contributed by atoms with Crippen molar-refractivity contribution in [3.8, 4) is 11.5 Å². The second-order valence-electron chi connectivity index (χ2n) is 6.75. The Morgan fingerprint density at radius 1 is 0.933 bits per heavy atom. The fraction of sp³-hybridized carbons (Fsp3) is 0.261. The molecule has 2 rings (SSSR count). The second-order valence-corrected chi connectivity index (χ2v) is 6.75. The monoisotopic (exact) mass is 411 g/mol. The van der Waals surface area contributed by atoms with Crippen LogP contribution in [0.4, 0.5) is 0 Å². The predicted octanol–water partition coefficient (Wildman–Crippen LogP) is 3.82. The van der Waals surface area contributed by atoms with Crippen LogP contribution in [0.3, 0.4) is 0 Å². The van der Waals surface area contributed by atoms with Gasteiger partial charge in [0, 0.05) is 6.21 Å². The Hall–Kier alpha value is -3.61. The number of carboxylic acid groups (broad SMARTS) is 1. The molecule has 0 aliphatic rings. The number of carbonyl (C=O) groups excluding carboxylic acids is 1. The van der Waals surface area contributed by atoms with Gasteiger partial charge in [0.15, 0.2) is 0 Å². The molecule has 0 aromatic heterocycles. The smallest absolute Gasteiger partial charge is 0.378 e. The highest BCUT2D eigenvalue weighted by Crippen LogP contribution is 2.17. The van der Waals surface area contributed by atoms with Crippen LogP contribution >= 0.6 is 0 Å². The molecular formula is C23H25NO6. The van der Waals surface area contributed by atoms with E-state index < -0.39 is 18.0 Å². The molecule has 1 unspecified atom stereocenters. The third kappa shape index (κ3) is 6.48. The predicted molar refractivity (Wildman–Crippen MR) is 114 cm³/mol. The number of methoxy groups -OCH3 is 2. The van der Waals surface area contributed by atoms with Gasteiger partial charge < -0.3 is 19.3 Å². The van der Waals surface area contributed by atoms with Gasteiger partial charge in [-0.25, -0.2) is 9.59 Å². The molecule has 0 aliphatic carbocycles. The van der Waals surface area contributed by atoms with Crippen molar-refractivity contribution >= 4 is 24.2 Å². The minimum Gasteiger partial charge on any atom is -0.497 e. The number of benzene rings is 2. The van der Waals surface area contributed by atoms with Gasteiger partial charge in [-0.1, -0.05) is 26.0 Å². The fourth-order valence-corrected chi connectivity index (χ4v) is 2.52. The zero-order valence-electron chi connectivity index (χ0n) is 17.4. The van der Waals surface area contributed by atoms with Gasteiger partial charge in [-0.3, -0.25) is 4.99 Å². The van der Waals surface area contributed by atoms with Gasteiger partial charge in [0.25, 0.3) is 0 Å². The average Bonchev–Trinajstić information content (AvgIpc) is 2.73. The highest BCUT2D eigenvalue weighted by atomic mass is 16.6. The van der Waals surface area contributed by atoms with Crippen LogP contribution in [0.5, 0.6) is 11.5 Å². The Bertz CT molecular complexity index is 914. The molecule has 7 nitrogen and oxygen atoms in total. The third-order valence-corrected chi connectivity index (χ3v) is 4.19. The van der Waals surface area contributed by atoms with Crippen molar-refractivity contribution in [2.75, 3.05) is 14.2 Å². The van der Waals surface area contributed by atoms with Gasteiger partial charge in [-0.15, -0.1) is 0 Å². The summed E-state index contributed by atoms with van der Waals surface area (Å²) >= 11 is 0. The maximum Gasteiger partial charge on any atom is 0.378 e. The van der Waals surface area contributed by atoms with Crippen molar-refractivity contribution in [3.63, 3.8) is 0 Å². The first-order valence-corrected chi connectivity index (χ1v) is 9.32. The minimum atomic E-state index is -0.970. The van der Waals surface area contributed by atoms with Gasteiger partial charge in [0.1, 0.15) is 17.5 Å². The molecule has 0 radical (unpaired) electrons. The first-order chi connectivity index (χ1) is 14.3. The maximum absolute atomic E-state index is 12.4. The molecule has 1 N–H and O–H groups in total. The first-order valence-electron chi connectivity index (χ1n) is 9.32. The summed E-state index contributed by atoms with van der Waals surface area (Å²) in [5.41, 5.74) is 1.46. The zero-order chi connectivity index (χ0) is 22.1. The molecule has 158 valence electrons. The van der Waals surface area contributed by atoms with Crippen LogP contribution in [0.15, 0.2) is 59.3 Å². The third-order valence-electron chi connectivity index (χ3n) is 4.19. The molecule has 2 aromatic carbocycles. The molecule has 0 spiro atoms. The molecule has 0 aliphatic heterocycles. The van der Waals surface area contributed by atoms with Crippen LogP contribution < -0.4 is 9.47 Å². The zero-order valence-corrected chi connectivity index (χ0v) is 17.4. The maximum atomic E-state index is 12.4. The normalized spacial score (nSPS) is 12.6. The lowest BCUT2D eigenvalue weighted by molar-refractivity contribution is -0.139. The molecule has 0 saturated heterocycles. The van der Waals surface area contributed by atoms with E-state index in [9.17, 15) is 14.7 Å². The molecule has 0 saturated carbocycles. The van der Waals surface area contributed by atoms with Gasteiger partial charge >= 0.3 is 11.9 Å². The van der Waals surface area contributed by atoms with Crippen LogP contribution in [-0.2, 0) is 14.3 Å². The Morgan fingerprint density at radius 2 is 1.50 bits per heavy atom. The van der Waals surface area contributed by atoms with Crippen LogP contribution in [-0.4, -0.2) is 43.5 Å². The number of ether oxygens (including phenoxy) is 3. The number of rotatable bonds is 9. The van der Waals surface area contributed by atoms with E-state index in [1.165, 1.54) is 13.3 Å². The number of aliphatic imine (C=N–C) groups is 1. The SMILES string of the molecule is CO/C(=C/c1ccc(OC)cc1)C(=O)Oc1ccc(C=NC(C(=O)O)C(C)C)cc1. The quantitative estimate of drug-likeness (QED) is 0.222. The van der Waals surface area contributed by atoms with E-state index in [1.54, 1.807) is 75.6 Å². The highest BCUT2D eigenvalue weighted by molar-refractivity contribution is 5.93. The molecule has 7 heteroatoms. The number of hydrogen-bond donors (Lipinski definition) is 1. The summed E-state index contributed by atoms with van der Waals surface area (Å²) in [6.07, 6.45) is 3.06. The number of aliphatic carboxylic acids is 1. The van der Waals surface area contributed by atoms with Gasteiger partial charge in [0.05, 0.1) is 14.2 Å². The van der Waals surface area contributed by atoms with Crippen molar-refractivity contribution in [1.29, 1.82) is 0 Å². The molecule has 2 aromatic rings. The highest BCUT2D eigenvalue weighted by Gasteiger charge is 2.19. The van der Waals surface area contributed by atoms with Crippen LogP contribution in [0.25, 0.3) is 6.08 Å². The van der Waals surface area contributed by atoms with Gasteiger partial charge in [-0.2, -0.15) is 0 Å². The van der Waals surface area contributed by atoms with Gasteiger partial charge in [-0.05, 0) is 59.5 Å². The van der Waals surface area contributed by atoms with E-state index in [-0.39, 0.29) is 11.7 Å². The molecule has 0 bridgehead atoms. The number of carboxylic acids is 1. The van der Waals surface area contributed by atoms with Crippen LogP contribution in [0, 0.1) is 5.92 Å². The summed E-state index contributed by atoms with van der Waals surface area (Å²) in [6, 6.07) is 12.9. The number of hydrogen-bond acceptors (Lipinski definition) is 6. The summed E-state index contributed by atoms with van der Waals surface area (Å²) in [5, 5.41) is 9.18. The average molecular weight is 411 g/mol. The molecule has 30 heavy (non-hydrogen) atoms. The minimum absolute atomic E-state index is 0.0482. The van der Waals surface area contributed by atoms with E-state index in [2.05, 4.69) is 4.99 Å². The van der Waals surface area contributed by atoms with Crippen LogP contribution in [0.1, 0.15) is 25.0 Å². The van der Waals surface area contributed by atoms with E-state index in [0.29, 0.717) is 17.1 Å². The van der Waals surface area contributed by atoms with E-state index in [1.807, 2.05) is 0 Å². The lowest BCUT2D eigenvalue weighted by atomic mass is 10.1. The standard InChI is InChI=1S/C23H25NO6/c1-15(2)21(22(25)26)24-14-17-7-11-19(12-8-17)30-23(27)20(29-4)13-16-5-9-18(28-3)10-6-16/h5-15,21H,1-4H3,(H,25,26)/b20-13+,24-14?. The van der Waals surface area contributed by atoms with Gasteiger partial charge in [0.2, 0.25) is 5.76 Å². The Morgan fingerprint density at radius 3 is 2.00 bits per heavy atom. The lowest BCUT2D eigenvalue weighted by Gasteiger charge is -2.10. The molecule has 0 amide bonds. The Balaban J connectivity index is 2.06. The largest absolute Gasteiger partial charge is 0.497 e. The van der Waals surface area contributed by atoms with Crippen LogP contribution in [0.2, 0.25) is 0 Å². The molecular weight excluding hydrogens is 386 g/mol. The first kappa shape index (κ1) is 22.7. The van der Waals surface area contributed by atoms with Crippen molar-refractivity contribution in [1.82, 2.24) is 0 Å². The fourth-order valence-electron chi connectivity index (χ4n) is 2.52. The van der Waals surface area contributed by atoms with Crippen molar-refractivity contribution in [2.45, 2.75) is 19.9 Å².